The Hall–Kier alpha value is 0.919. The molecule has 0 aliphatic rings. The molecule has 0 aromatic rings. The van der Waals surface area contributed by atoms with Gasteiger partial charge in [0.05, 0.1) is 0 Å². The standard InChI is InChI=1S/Cu.Fe.H2O2.H2O/c;;1-2;/h;;1-2H;1H2. The van der Waals surface area contributed by atoms with Gasteiger partial charge in [-0.05, 0) is 0 Å². The fraction of sp³-hybridized carbons (Fsp3) is 0. The van der Waals surface area contributed by atoms with Gasteiger partial charge < -0.3 is 5.48 Å². The van der Waals surface area contributed by atoms with E-state index < -0.39 is 0 Å². The maximum Gasteiger partial charge on any atom is 0 e. The van der Waals surface area contributed by atoms with Gasteiger partial charge in [-0.1, -0.05) is 0 Å². The third kappa shape index (κ3) is 49.6. The summed E-state index contributed by atoms with van der Waals surface area (Å²) in [5.41, 5.74) is 0. The van der Waals surface area contributed by atoms with Crippen LogP contribution in [-0.2, 0) is 34.1 Å². The molecule has 0 aliphatic heterocycles. The van der Waals surface area contributed by atoms with E-state index in [1.807, 2.05) is 0 Å². The van der Waals surface area contributed by atoms with Gasteiger partial charge in [-0.25, -0.2) is 0 Å². The minimum Gasteiger partial charge on any atom is -0.412 e. The normalized spacial score (nSPS) is 1.20. The van der Waals surface area contributed by atoms with Crippen LogP contribution in [0.2, 0.25) is 0 Å². The summed E-state index contributed by atoms with van der Waals surface area (Å²) in [5, 5.41) is 12.0. The number of hydrogen-bond donors (Lipinski definition) is 2. The van der Waals surface area contributed by atoms with Gasteiger partial charge in [0.25, 0.3) is 0 Å². The molecule has 0 spiro atoms. The summed E-state index contributed by atoms with van der Waals surface area (Å²) in [6.45, 7) is 0. The van der Waals surface area contributed by atoms with Gasteiger partial charge in [0, 0.05) is 34.1 Å². The zero-order valence-corrected chi connectivity index (χ0v) is 4.10. The Kier molecular flexibility index (Phi) is 696. The molecule has 0 amide bonds. The first-order chi connectivity index (χ1) is 1.00. The van der Waals surface area contributed by atoms with E-state index in [-0.39, 0.29) is 39.6 Å². The second-order valence-corrected chi connectivity index (χ2v) is 0. The predicted molar refractivity (Wildman–Crippen MR) is 8.87 cm³/mol. The molecule has 4 N–H and O–H groups in total. The van der Waals surface area contributed by atoms with E-state index in [0.29, 0.717) is 0 Å². The van der Waals surface area contributed by atoms with E-state index in [1.165, 1.54) is 0 Å². The molecule has 0 aromatic heterocycles. The van der Waals surface area contributed by atoms with E-state index in [1.54, 1.807) is 0 Å². The van der Waals surface area contributed by atoms with Gasteiger partial charge in [0.15, 0.2) is 0 Å². The van der Waals surface area contributed by atoms with Crippen molar-refractivity contribution in [1.82, 2.24) is 0 Å². The Morgan fingerprint density at radius 3 is 1.00 bits per heavy atom. The SMILES string of the molecule is O.OO.[Cu].[Fe]. The van der Waals surface area contributed by atoms with Crippen LogP contribution in [0.15, 0.2) is 0 Å². The summed E-state index contributed by atoms with van der Waals surface area (Å²) >= 11 is 0. The van der Waals surface area contributed by atoms with Crippen molar-refractivity contribution in [2.45, 2.75) is 0 Å². The van der Waals surface area contributed by atoms with Crippen molar-refractivity contribution in [3.63, 3.8) is 0 Å². The monoisotopic (exact) mass is 171 g/mol. The molecule has 5 heavy (non-hydrogen) atoms. The Morgan fingerprint density at radius 1 is 1.00 bits per heavy atom. The molecule has 0 bridgehead atoms. The van der Waals surface area contributed by atoms with Gasteiger partial charge in [-0.2, -0.15) is 0 Å². The maximum atomic E-state index is 6.00. The molecule has 0 atom stereocenters. The molecule has 0 heterocycles. The van der Waals surface area contributed by atoms with Crippen molar-refractivity contribution < 1.29 is 50.1 Å². The van der Waals surface area contributed by atoms with Gasteiger partial charge in [-0.3, -0.25) is 10.5 Å². The van der Waals surface area contributed by atoms with Crippen molar-refractivity contribution in [2.75, 3.05) is 0 Å². The number of rotatable bonds is 0. The maximum absolute atomic E-state index is 6.00. The third-order valence-corrected chi connectivity index (χ3v) is 0. The predicted octanol–water partition coefficient (Wildman–Crippen LogP) is -0.812. The largest absolute Gasteiger partial charge is 0.412 e. The summed E-state index contributed by atoms with van der Waals surface area (Å²) in [4.78, 5) is 0. The molecule has 0 saturated heterocycles. The number of hydrogen-bond acceptors (Lipinski definition) is 2. The van der Waals surface area contributed by atoms with E-state index in [2.05, 4.69) is 0 Å². The van der Waals surface area contributed by atoms with Crippen molar-refractivity contribution in [3.8, 4) is 0 Å². The van der Waals surface area contributed by atoms with E-state index in [4.69, 9.17) is 10.5 Å². The van der Waals surface area contributed by atoms with Crippen molar-refractivity contribution in [2.24, 2.45) is 0 Å². The zero-order valence-electron chi connectivity index (χ0n) is 2.05. The molecule has 0 aromatic carbocycles. The molecule has 0 unspecified atom stereocenters. The summed E-state index contributed by atoms with van der Waals surface area (Å²) in [5.74, 6) is 0. The Labute approximate surface area is 50.6 Å². The van der Waals surface area contributed by atoms with Crippen LogP contribution in [0.1, 0.15) is 0 Å². The van der Waals surface area contributed by atoms with Crippen molar-refractivity contribution in [3.05, 3.63) is 0 Å². The topological polar surface area (TPSA) is 72.0 Å². The van der Waals surface area contributed by atoms with Crippen LogP contribution in [0.5, 0.6) is 0 Å². The second-order valence-electron chi connectivity index (χ2n) is 0. The minimum absolute atomic E-state index is 0. The molecule has 0 fully saturated rings. The molecule has 0 saturated carbocycles. The van der Waals surface area contributed by atoms with E-state index in [0.717, 1.165) is 0 Å². The van der Waals surface area contributed by atoms with E-state index in [9.17, 15) is 0 Å². The van der Waals surface area contributed by atoms with Crippen LogP contribution in [-0.4, -0.2) is 16.0 Å². The van der Waals surface area contributed by atoms with Crippen molar-refractivity contribution in [1.29, 1.82) is 0 Å². The molecular weight excluding hydrogens is 167 g/mol. The fourth-order valence-electron chi connectivity index (χ4n) is 0. The summed E-state index contributed by atoms with van der Waals surface area (Å²) in [7, 11) is 0. The Morgan fingerprint density at radius 2 is 1.00 bits per heavy atom. The molecule has 3 nitrogen and oxygen atoms in total. The average molecular weight is 171 g/mol. The summed E-state index contributed by atoms with van der Waals surface area (Å²) in [6, 6.07) is 0. The van der Waals surface area contributed by atoms with Crippen LogP contribution < -0.4 is 0 Å². The van der Waals surface area contributed by atoms with Gasteiger partial charge >= 0.3 is 0 Å². The summed E-state index contributed by atoms with van der Waals surface area (Å²) in [6.07, 6.45) is 0. The molecule has 0 rings (SSSR count). The quantitative estimate of drug-likeness (QED) is 0.284. The fourth-order valence-corrected chi connectivity index (χ4v) is 0. The Balaban J connectivity index is -0.00000000167. The average Bonchev–Trinajstić information content (AvgIpc) is 1.00. The van der Waals surface area contributed by atoms with Gasteiger partial charge in [-0.15, -0.1) is 0 Å². The van der Waals surface area contributed by atoms with Crippen LogP contribution >= 0.6 is 0 Å². The van der Waals surface area contributed by atoms with Crippen LogP contribution in [0, 0.1) is 0 Å². The zero-order chi connectivity index (χ0) is 2.00. The van der Waals surface area contributed by atoms with Crippen LogP contribution in [0.25, 0.3) is 0 Å². The van der Waals surface area contributed by atoms with Crippen molar-refractivity contribution >= 4 is 0 Å². The summed E-state index contributed by atoms with van der Waals surface area (Å²) < 4.78 is 0. The van der Waals surface area contributed by atoms with Gasteiger partial charge in [0.2, 0.25) is 0 Å². The smallest absolute Gasteiger partial charge is 0 e. The first kappa shape index (κ1) is 38.9. The minimum atomic E-state index is 0. The van der Waals surface area contributed by atoms with Gasteiger partial charge in [0.1, 0.15) is 0 Å². The van der Waals surface area contributed by atoms with Crippen LogP contribution in [0.4, 0.5) is 0 Å². The molecular formula is H4CuFeO3. The molecule has 41 valence electrons. The van der Waals surface area contributed by atoms with E-state index >= 15 is 0 Å². The van der Waals surface area contributed by atoms with Crippen LogP contribution in [0.3, 0.4) is 0 Å². The first-order valence-electron chi connectivity index (χ1n) is 0.200. The molecule has 0 aliphatic carbocycles. The molecule has 5 heteroatoms. The molecule has 1 radical (unpaired) electrons. The Bertz CT molecular complexity index is 6.85. The first-order valence-corrected chi connectivity index (χ1v) is 0.200. The second kappa shape index (κ2) is 89.5. The third-order valence-electron chi connectivity index (χ3n) is 0.